The topological polar surface area (TPSA) is 87.3 Å². The van der Waals surface area contributed by atoms with E-state index < -0.39 is 0 Å². The van der Waals surface area contributed by atoms with Gasteiger partial charge >= 0.3 is 0 Å². The van der Waals surface area contributed by atoms with Crippen LogP contribution in [0.25, 0.3) is 0 Å². The summed E-state index contributed by atoms with van der Waals surface area (Å²) in [7, 11) is 0. The number of amides is 3. The summed E-state index contributed by atoms with van der Waals surface area (Å²) in [5.41, 5.74) is 3.58. The molecule has 3 amide bonds. The minimum Gasteiger partial charge on any atom is -0.354 e. The van der Waals surface area contributed by atoms with Gasteiger partial charge in [0.15, 0.2) is 0 Å². The summed E-state index contributed by atoms with van der Waals surface area (Å²) in [6, 6.07) is 21.0. The van der Waals surface area contributed by atoms with Crippen molar-refractivity contribution in [3.63, 3.8) is 0 Å². The van der Waals surface area contributed by atoms with Crippen molar-refractivity contribution in [1.29, 1.82) is 0 Å². The summed E-state index contributed by atoms with van der Waals surface area (Å²) >= 11 is 5.83. The van der Waals surface area contributed by atoms with Crippen LogP contribution in [0.15, 0.2) is 72.8 Å². The lowest BCUT2D eigenvalue weighted by Crippen LogP contribution is -2.35. The molecule has 0 bridgehead atoms. The fraction of sp³-hybridized carbons (Fsp3) is 0.160. The van der Waals surface area contributed by atoms with Gasteiger partial charge in [0, 0.05) is 34.9 Å². The molecular weight excluding hydrogens is 426 g/mol. The van der Waals surface area contributed by atoms with E-state index in [1.54, 1.807) is 60.7 Å². The van der Waals surface area contributed by atoms with Crippen LogP contribution >= 0.6 is 11.6 Å². The molecule has 3 aromatic carbocycles. The number of rotatable bonds is 8. The van der Waals surface area contributed by atoms with Gasteiger partial charge in [-0.3, -0.25) is 14.4 Å². The molecule has 32 heavy (non-hydrogen) atoms. The summed E-state index contributed by atoms with van der Waals surface area (Å²) in [5, 5.41) is 8.96. The predicted octanol–water partition coefficient (Wildman–Crippen LogP) is 3.99. The van der Waals surface area contributed by atoms with Crippen molar-refractivity contribution in [2.24, 2.45) is 0 Å². The Hall–Kier alpha value is -3.64. The van der Waals surface area contributed by atoms with Crippen molar-refractivity contribution in [3.8, 4) is 0 Å². The lowest BCUT2D eigenvalue weighted by atomic mass is 10.1. The van der Waals surface area contributed by atoms with Gasteiger partial charge in [-0.05, 0) is 61.0 Å². The van der Waals surface area contributed by atoms with E-state index >= 15 is 0 Å². The maximum absolute atomic E-state index is 12.3. The largest absolute Gasteiger partial charge is 0.354 e. The second-order valence-corrected chi connectivity index (χ2v) is 7.74. The van der Waals surface area contributed by atoms with Crippen LogP contribution in [-0.2, 0) is 11.2 Å². The Labute approximate surface area is 192 Å². The Balaban J connectivity index is 1.40. The molecule has 0 aromatic heterocycles. The van der Waals surface area contributed by atoms with Crippen LogP contribution in [0.3, 0.4) is 0 Å². The average molecular weight is 450 g/mol. The van der Waals surface area contributed by atoms with Crippen molar-refractivity contribution < 1.29 is 14.4 Å². The van der Waals surface area contributed by atoms with Crippen molar-refractivity contribution in [3.05, 3.63) is 100 Å². The van der Waals surface area contributed by atoms with Gasteiger partial charge in [-0.1, -0.05) is 41.4 Å². The van der Waals surface area contributed by atoms with Gasteiger partial charge in [0.05, 0.1) is 6.42 Å². The van der Waals surface area contributed by atoms with Crippen molar-refractivity contribution in [2.75, 3.05) is 18.4 Å². The summed E-state index contributed by atoms with van der Waals surface area (Å²) in [5.74, 6) is -0.597. The van der Waals surface area contributed by atoms with Crippen molar-refractivity contribution >= 4 is 35.0 Å². The van der Waals surface area contributed by atoms with E-state index in [-0.39, 0.29) is 24.1 Å². The summed E-state index contributed by atoms with van der Waals surface area (Å²) in [6.45, 7) is 2.58. The molecule has 0 saturated carbocycles. The number of halogens is 1. The molecule has 3 aromatic rings. The van der Waals surface area contributed by atoms with Crippen LogP contribution in [0.2, 0.25) is 5.02 Å². The molecule has 0 heterocycles. The Morgan fingerprint density at radius 3 is 1.94 bits per heavy atom. The minimum absolute atomic E-state index is 0.129. The second kappa shape index (κ2) is 11.1. The van der Waals surface area contributed by atoms with Crippen molar-refractivity contribution in [2.45, 2.75) is 13.3 Å². The Morgan fingerprint density at radius 1 is 0.719 bits per heavy atom. The molecule has 0 aliphatic carbocycles. The zero-order valence-corrected chi connectivity index (χ0v) is 18.4. The standard InChI is InChI=1S/C25H24ClN3O3/c1-17-2-6-20(7-3-17)25(32)29-22-12-8-19(9-13-22)24(31)28-15-14-27-23(30)16-18-4-10-21(26)11-5-18/h2-13H,14-16H2,1H3,(H,27,30)(H,28,31)(H,29,32). The third-order valence-corrected chi connectivity index (χ3v) is 4.98. The molecule has 3 N–H and O–H groups in total. The lowest BCUT2D eigenvalue weighted by Gasteiger charge is -2.09. The van der Waals surface area contributed by atoms with E-state index in [4.69, 9.17) is 11.6 Å². The Bertz CT molecular complexity index is 1080. The van der Waals surface area contributed by atoms with Gasteiger partial charge in [0.1, 0.15) is 0 Å². The molecule has 0 unspecified atom stereocenters. The number of hydrogen-bond acceptors (Lipinski definition) is 3. The normalized spacial score (nSPS) is 10.3. The molecule has 3 rings (SSSR count). The number of carbonyl (C=O) groups is 3. The summed E-state index contributed by atoms with van der Waals surface area (Å²) < 4.78 is 0. The number of nitrogens with one attached hydrogen (secondary N) is 3. The van der Waals surface area contributed by atoms with E-state index in [1.165, 1.54) is 0 Å². The molecule has 6 nitrogen and oxygen atoms in total. The van der Waals surface area contributed by atoms with Crippen LogP contribution in [0.4, 0.5) is 5.69 Å². The van der Waals surface area contributed by atoms with E-state index in [2.05, 4.69) is 16.0 Å². The Morgan fingerprint density at radius 2 is 1.28 bits per heavy atom. The third kappa shape index (κ3) is 6.96. The highest BCUT2D eigenvalue weighted by molar-refractivity contribution is 6.30. The molecule has 0 atom stereocenters. The maximum Gasteiger partial charge on any atom is 0.255 e. The predicted molar refractivity (Wildman–Crippen MR) is 126 cm³/mol. The molecular formula is C25H24ClN3O3. The van der Waals surface area contributed by atoms with Gasteiger partial charge in [-0.2, -0.15) is 0 Å². The van der Waals surface area contributed by atoms with Gasteiger partial charge in [-0.15, -0.1) is 0 Å². The second-order valence-electron chi connectivity index (χ2n) is 7.31. The van der Waals surface area contributed by atoms with Gasteiger partial charge in [-0.25, -0.2) is 0 Å². The first kappa shape index (κ1) is 23.0. The fourth-order valence-electron chi connectivity index (χ4n) is 2.94. The first-order chi connectivity index (χ1) is 15.4. The quantitative estimate of drug-likeness (QED) is 0.454. The van der Waals surface area contributed by atoms with E-state index in [0.717, 1.165) is 11.1 Å². The highest BCUT2D eigenvalue weighted by Gasteiger charge is 2.09. The average Bonchev–Trinajstić information content (AvgIpc) is 2.79. The highest BCUT2D eigenvalue weighted by atomic mass is 35.5. The molecule has 0 spiro atoms. The minimum atomic E-state index is -0.256. The summed E-state index contributed by atoms with van der Waals surface area (Å²) in [4.78, 5) is 36.5. The van der Waals surface area contributed by atoms with Crippen LogP contribution in [-0.4, -0.2) is 30.8 Å². The van der Waals surface area contributed by atoms with Crippen LogP contribution in [0.5, 0.6) is 0 Å². The van der Waals surface area contributed by atoms with E-state index in [9.17, 15) is 14.4 Å². The smallest absolute Gasteiger partial charge is 0.255 e. The summed E-state index contributed by atoms with van der Waals surface area (Å²) in [6.07, 6.45) is 0.251. The fourth-order valence-corrected chi connectivity index (χ4v) is 3.07. The van der Waals surface area contributed by atoms with Crippen LogP contribution < -0.4 is 16.0 Å². The van der Waals surface area contributed by atoms with Gasteiger partial charge in [0.2, 0.25) is 5.91 Å². The first-order valence-electron chi connectivity index (χ1n) is 10.2. The molecule has 0 fully saturated rings. The maximum atomic E-state index is 12.3. The molecule has 7 heteroatoms. The van der Waals surface area contributed by atoms with Gasteiger partial charge < -0.3 is 16.0 Å². The highest BCUT2D eigenvalue weighted by Crippen LogP contribution is 2.12. The molecule has 0 aliphatic rings. The molecule has 0 aliphatic heterocycles. The molecule has 164 valence electrons. The number of carbonyl (C=O) groups excluding carboxylic acids is 3. The molecule has 0 saturated heterocycles. The number of anilines is 1. The van der Waals surface area contributed by atoms with Gasteiger partial charge in [0.25, 0.3) is 11.8 Å². The zero-order valence-electron chi connectivity index (χ0n) is 17.7. The monoisotopic (exact) mass is 449 g/mol. The lowest BCUT2D eigenvalue weighted by molar-refractivity contribution is -0.120. The Kier molecular flexibility index (Phi) is 8.00. The first-order valence-corrected chi connectivity index (χ1v) is 10.6. The SMILES string of the molecule is Cc1ccc(C(=O)Nc2ccc(C(=O)NCCNC(=O)Cc3ccc(Cl)cc3)cc2)cc1. The number of hydrogen-bond donors (Lipinski definition) is 3. The molecule has 0 radical (unpaired) electrons. The van der Waals surface area contributed by atoms with Crippen LogP contribution in [0, 0.1) is 6.92 Å². The van der Waals surface area contributed by atoms with Crippen molar-refractivity contribution in [1.82, 2.24) is 10.6 Å². The van der Waals surface area contributed by atoms with E-state index in [1.807, 2.05) is 19.1 Å². The van der Waals surface area contributed by atoms with Crippen LogP contribution in [0.1, 0.15) is 31.8 Å². The number of benzene rings is 3. The third-order valence-electron chi connectivity index (χ3n) is 4.73. The number of aryl methyl sites for hydroxylation is 1. The zero-order chi connectivity index (χ0) is 22.9. The van der Waals surface area contributed by atoms with E-state index in [0.29, 0.717) is 34.9 Å².